The summed E-state index contributed by atoms with van der Waals surface area (Å²) in [6.07, 6.45) is -1.83. The molecule has 2 N–H and O–H groups in total. The highest BCUT2D eigenvalue weighted by Crippen LogP contribution is 2.26. The largest absolute Gasteiger partial charge is 0.503 e. The van der Waals surface area contributed by atoms with Crippen molar-refractivity contribution in [3.05, 3.63) is 48.5 Å². The average Bonchev–Trinajstić information content (AvgIpc) is 2.64. The van der Waals surface area contributed by atoms with Gasteiger partial charge in [-0.15, -0.1) is 0 Å². The van der Waals surface area contributed by atoms with Crippen LogP contribution in [0, 0.1) is 0 Å². The molecule has 0 unspecified atom stereocenters. The molecule has 0 radical (unpaired) electrons. The number of carbonyl (C=O) groups is 1. The van der Waals surface area contributed by atoms with E-state index in [4.69, 9.17) is 15.0 Å². The number of hydrogen-bond acceptors (Lipinski definition) is 1. The molecular formula is C14H13NO3. The third-order valence-corrected chi connectivity index (χ3v) is 2.82. The summed E-state index contributed by atoms with van der Waals surface area (Å²) < 4.78 is 2.24. The second-order valence-corrected chi connectivity index (χ2v) is 3.88. The molecule has 0 aliphatic carbocycles. The summed E-state index contributed by atoms with van der Waals surface area (Å²) in [6, 6.07) is 17.0. The fraction of sp³-hybridized carbons (Fsp3) is 0.0714. The second-order valence-electron chi connectivity index (χ2n) is 3.88. The molecule has 1 aromatic heterocycles. The minimum Gasteiger partial charge on any atom is -0.450 e. The topological polar surface area (TPSA) is 62.5 Å². The lowest BCUT2D eigenvalue weighted by atomic mass is 10.2. The van der Waals surface area contributed by atoms with Crippen molar-refractivity contribution in [2.45, 2.75) is 0 Å². The fourth-order valence-electron chi connectivity index (χ4n) is 2.12. The normalized spacial score (nSPS) is 10.1. The molecule has 0 atom stereocenters. The van der Waals surface area contributed by atoms with E-state index in [-0.39, 0.29) is 0 Å². The number of aryl methyl sites for hydroxylation is 1. The Hall–Kier alpha value is -2.49. The number of para-hydroxylation sites is 2. The van der Waals surface area contributed by atoms with Crippen LogP contribution in [0.2, 0.25) is 0 Å². The van der Waals surface area contributed by atoms with Crippen LogP contribution in [0.1, 0.15) is 0 Å². The first kappa shape index (κ1) is 12.0. The molecule has 2 aromatic carbocycles. The highest BCUT2D eigenvalue weighted by Gasteiger charge is 2.04. The molecule has 3 rings (SSSR count). The fourth-order valence-corrected chi connectivity index (χ4v) is 2.12. The van der Waals surface area contributed by atoms with E-state index >= 15 is 0 Å². The molecular weight excluding hydrogens is 230 g/mol. The second kappa shape index (κ2) is 4.79. The summed E-state index contributed by atoms with van der Waals surface area (Å²) in [5.74, 6) is 0. The molecule has 4 heteroatoms. The number of hydrogen-bond donors (Lipinski definition) is 2. The van der Waals surface area contributed by atoms with E-state index in [2.05, 4.69) is 60.1 Å². The zero-order chi connectivity index (χ0) is 13.1. The van der Waals surface area contributed by atoms with Gasteiger partial charge in [-0.3, -0.25) is 0 Å². The maximum atomic E-state index is 8.56. The molecule has 3 aromatic rings. The highest BCUT2D eigenvalue weighted by molar-refractivity contribution is 6.07. The van der Waals surface area contributed by atoms with Crippen molar-refractivity contribution in [3.8, 4) is 0 Å². The Balaban J connectivity index is 0.000000267. The molecule has 0 aliphatic rings. The van der Waals surface area contributed by atoms with Crippen LogP contribution < -0.4 is 0 Å². The van der Waals surface area contributed by atoms with E-state index in [1.54, 1.807) is 0 Å². The SMILES string of the molecule is Cn1c2ccccc2c2ccccc21.O=C(O)O. The minimum absolute atomic E-state index is 1.30. The van der Waals surface area contributed by atoms with Crippen molar-refractivity contribution < 1.29 is 15.0 Å². The van der Waals surface area contributed by atoms with Gasteiger partial charge in [0.25, 0.3) is 0 Å². The van der Waals surface area contributed by atoms with Crippen LogP contribution in [0.5, 0.6) is 0 Å². The van der Waals surface area contributed by atoms with Gasteiger partial charge in [0.2, 0.25) is 0 Å². The van der Waals surface area contributed by atoms with Crippen LogP contribution in [0.15, 0.2) is 48.5 Å². The van der Waals surface area contributed by atoms with Crippen LogP contribution >= 0.6 is 0 Å². The van der Waals surface area contributed by atoms with E-state index in [9.17, 15) is 0 Å². The minimum atomic E-state index is -1.83. The summed E-state index contributed by atoms with van der Waals surface area (Å²) in [7, 11) is 2.12. The number of fused-ring (bicyclic) bond motifs is 3. The number of rotatable bonds is 0. The van der Waals surface area contributed by atoms with E-state index in [1.165, 1.54) is 21.8 Å². The molecule has 1 heterocycles. The monoisotopic (exact) mass is 243 g/mol. The maximum Gasteiger partial charge on any atom is 0.503 e. The van der Waals surface area contributed by atoms with Gasteiger partial charge in [0.15, 0.2) is 0 Å². The Morgan fingerprint density at radius 2 is 1.22 bits per heavy atom. The summed E-state index contributed by atoms with van der Waals surface area (Å²) in [5.41, 5.74) is 2.60. The lowest BCUT2D eigenvalue weighted by Crippen LogP contribution is -1.84. The smallest absolute Gasteiger partial charge is 0.450 e. The van der Waals surface area contributed by atoms with Crippen molar-refractivity contribution in [2.24, 2.45) is 7.05 Å². The molecule has 18 heavy (non-hydrogen) atoms. The Morgan fingerprint density at radius 1 is 0.889 bits per heavy atom. The molecule has 0 saturated carbocycles. The Kier molecular flexibility index (Phi) is 3.19. The van der Waals surface area contributed by atoms with E-state index in [0.29, 0.717) is 0 Å². The van der Waals surface area contributed by atoms with Gasteiger partial charge in [0, 0.05) is 28.9 Å². The Labute approximate surface area is 104 Å². The average molecular weight is 243 g/mol. The predicted molar refractivity (Wildman–Crippen MR) is 71.1 cm³/mol. The van der Waals surface area contributed by atoms with Gasteiger partial charge < -0.3 is 14.8 Å². The van der Waals surface area contributed by atoms with Crippen LogP contribution in [0.4, 0.5) is 4.79 Å². The van der Waals surface area contributed by atoms with Gasteiger partial charge in [-0.25, -0.2) is 4.79 Å². The predicted octanol–water partition coefficient (Wildman–Crippen LogP) is 3.55. The number of carboxylic acid groups (broad SMARTS) is 2. The molecule has 4 nitrogen and oxygen atoms in total. The van der Waals surface area contributed by atoms with Crippen molar-refractivity contribution in [2.75, 3.05) is 0 Å². The molecule has 0 spiro atoms. The summed E-state index contributed by atoms with van der Waals surface area (Å²) in [6.45, 7) is 0. The van der Waals surface area contributed by atoms with Gasteiger partial charge in [0.1, 0.15) is 0 Å². The first-order valence-corrected chi connectivity index (χ1v) is 5.45. The molecule has 0 fully saturated rings. The van der Waals surface area contributed by atoms with Crippen molar-refractivity contribution in [1.29, 1.82) is 0 Å². The van der Waals surface area contributed by atoms with Crippen LogP contribution in [-0.2, 0) is 7.05 Å². The number of benzene rings is 2. The van der Waals surface area contributed by atoms with Crippen LogP contribution in [0.25, 0.3) is 21.8 Å². The third kappa shape index (κ3) is 2.13. The van der Waals surface area contributed by atoms with E-state index in [0.717, 1.165) is 0 Å². The summed E-state index contributed by atoms with van der Waals surface area (Å²) >= 11 is 0. The van der Waals surface area contributed by atoms with Crippen molar-refractivity contribution >= 4 is 28.0 Å². The molecule has 0 saturated heterocycles. The summed E-state index contributed by atoms with van der Waals surface area (Å²) in [5, 5.41) is 16.6. The molecule has 0 amide bonds. The first-order chi connectivity index (χ1) is 8.61. The zero-order valence-electron chi connectivity index (χ0n) is 9.87. The standard InChI is InChI=1S/C13H11N.CH2O3/c1-14-12-8-4-2-6-10(12)11-7-3-5-9-13(11)14;2-1(3)4/h2-9H,1H3;(H2,2,3,4). The Bertz CT molecular complexity index is 643. The molecule has 0 aliphatic heterocycles. The lowest BCUT2D eigenvalue weighted by Gasteiger charge is -1.95. The first-order valence-electron chi connectivity index (χ1n) is 5.45. The third-order valence-electron chi connectivity index (χ3n) is 2.82. The van der Waals surface area contributed by atoms with Gasteiger partial charge in [-0.05, 0) is 12.1 Å². The lowest BCUT2D eigenvalue weighted by molar-refractivity contribution is 0.137. The van der Waals surface area contributed by atoms with Crippen molar-refractivity contribution in [3.63, 3.8) is 0 Å². The molecule has 92 valence electrons. The number of nitrogens with zero attached hydrogens (tertiary/aromatic N) is 1. The van der Waals surface area contributed by atoms with E-state index < -0.39 is 6.16 Å². The highest BCUT2D eigenvalue weighted by atomic mass is 16.6. The van der Waals surface area contributed by atoms with Gasteiger partial charge in [0.05, 0.1) is 0 Å². The maximum absolute atomic E-state index is 8.56. The summed E-state index contributed by atoms with van der Waals surface area (Å²) in [4.78, 5) is 8.56. The van der Waals surface area contributed by atoms with Gasteiger partial charge in [-0.1, -0.05) is 36.4 Å². The zero-order valence-corrected chi connectivity index (χ0v) is 9.87. The van der Waals surface area contributed by atoms with Crippen molar-refractivity contribution in [1.82, 2.24) is 4.57 Å². The van der Waals surface area contributed by atoms with E-state index in [1.807, 2.05) is 0 Å². The number of aromatic nitrogens is 1. The van der Waals surface area contributed by atoms with Crippen LogP contribution in [0.3, 0.4) is 0 Å². The Morgan fingerprint density at radius 3 is 1.61 bits per heavy atom. The van der Waals surface area contributed by atoms with Gasteiger partial charge >= 0.3 is 6.16 Å². The van der Waals surface area contributed by atoms with Crippen LogP contribution in [-0.4, -0.2) is 20.9 Å². The molecule has 0 bridgehead atoms. The van der Waals surface area contributed by atoms with Gasteiger partial charge in [-0.2, -0.15) is 0 Å². The quantitative estimate of drug-likeness (QED) is 0.634.